The van der Waals surface area contributed by atoms with E-state index in [1.807, 2.05) is 0 Å². The van der Waals surface area contributed by atoms with Gasteiger partial charge in [0, 0.05) is 30.9 Å². The number of imide groups is 1. The minimum atomic E-state index is -1.38. The Balaban J connectivity index is 1.28. The molecule has 5 amide bonds. The molecule has 3 heterocycles. The van der Waals surface area contributed by atoms with E-state index >= 15 is 0 Å². The van der Waals surface area contributed by atoms with Crippen molar-refractivity contribution in [3.63, 3.8) is 0 Å². The van der Waals surface area contributed by atoms with Gasteiger partial charge in [-0.25, -0.2) is 9.59 Å². The number of amides is 5. The van der Waals surface area contributed by atoms with E-state index in [4.69, 9.17) is 9.47 Å². The largest absolute Gasteiger partial charge is 0.477 e. The van der Waals surface area contributed by atoms with Crippen LogP contribution in [0, 0.1) is 6.92 Å². The zero-order valence-electron chi connectivity index (χ0n) is 26.5. The molecule has 0 spiro atoms. The monoisotopic (exact) mass is 740 g/mol. The molecule has 2 aliphatic rings. The van der Waals surface area contributed by atoms with E-state index in [-0.39, 0.29) is 28.5 Å². The number of thioether (sulfide) groups is 2. The summed E-state index contributed by atoms with van der Waals surface area (Å²) in [5.41, 5.74) is 0.570. The molecule has 0 radical (unpaired) electrons. The maximum Gasteiger partial charge on any atom is 0.352 e. The zero-order chi connectivity index (χ0) is 36.1. The van der Waals surface area contributed by atoms with E-state index in [0.29, 0.717) is 21.2 Å². The molecule has 1 fully saturated rings. The summed E-state index contributed by atoms with van der Waals surface area (Å²) >= 11 is 3.98. The molecule has 0 saturated carbocycles. The van der Waals surface area contributed by atoms with Crippen molar-refractivity contribution in [1.82, 2.24) is 31.0 Å². The third kappa shape index (κ3) is 8.29. The van der Waals surface area contributed by atoms with Gasteiger partial charge < -0.3 is 25.2 Å². The lowest BCUT2D eigenvalue weighted by Crippen LogP contribution is -2.71. The number of rotatable bonds is 11. The Morgan fingerprint density at radius 2 is 1.72 bits per heavy atom. The fourth-order valence-corrected chi connectivity index (χ4v) is 8.23. The van der Waals surface area contributed by atoms with Gasteiger partial charge in [-0.2, -0.15) is 0 Å². The third-order valence-corrected chi connectivity index (χ3v) is 10.4. The fraction of sp³-hybridized carbons (Fsp3) is 0.258. The quantitative estimate of drug-likeness (QED) is 0.0960. The second-order valence-corrected chi connectivity index (χ2v) is 14.2. The summed E-state index contributed by atoms with van der Waals surface area (Å²) in [4.78, 5) is 89.3. The van der Waals surface area contributed by atoms with Crippen LogP contribution < -0.4 is 25.4 Å². The number of urea groups is 1. The number of aliphatic carboxylic acids is 1. The summed E-state index contributed by atoms with van der Waals surface area (Å²) in [6, 6.07) is 8.06. The molecular weight excluding hydrogens is 713 g/mol. The molecule has 50 heavy (non-hydrogen) atoms. The van der Waals surface area contributed by atoms with E-state index < -0.39 is 59.1 Å². The molecule has 19 heteroatoms. The number of aromatic nitrogens is 2. The average Bonchev–Trinajstić information content (AvgIpc) is 3.49. The topological polar surface area (TPSA) is 223 Å². The highest BCUT2D eigenvalue weighted by molar-refractivity contribution is 8.01. The van der Waals surface area contributed by atoms with Gasteiger partial charge in [0.25, 0.3) is 11.8 Å². The van der Waals surface area contributed by atoms with Crippen molar-refractivity contribution in [3.8, 4) is 11.5 Å². The van der Waals surface area contributed by atoms with Crippen LogP contribution >= 0.6 is 34.9 Å². The molecule has 0 aliphatic carbocycles. The van der Waals surface area contributed by atoms with E-state index in [1.54, 1.807) is 37.3 Å². The molecule has 2 aromatic carbocycles. The van der Waals surface area contributed by atoms with E-state index in [0.717, 1.165) is 29.8 Å². The Morgan fingerprint density at radius 3 is 2.36 bits per heavy atom. The number of fused-ring (bicyclic) bond motifs is 1. The van der Waals surface area contributed by atoms with E-state index in [1.165, 1.54) is 47.0 Å². The van der Waals surface area contributed by atoms with Crippen LogP contribution in [-0.2, 0) is 24.0 Å². The lowest BCUT2D eigenvalue weighted by molar-refractivity contribution is -0.151. The molecule has 16 nitrogen and oxygen atoms in total. The van der Waals surface area contributed by atoms with Gasteiger partial charge in [0.05, 0.1) is 0 Å². The first-order chi connectivity index (χ1) is 23.8. The minimum absolute atomic E-state index is 0.126. The summed E-state index contributed by atoms with van der Waals surface area (Å²) in [7, 11) is 0. The maximum atomic E-state index is 13.6. The highest BCUT2D eigenvalue weighted by atomic mass is 32.2. The third-order valence-electron chi connectivity index (χ3n) is 7.04. The predicted octanol–water partition coefficient (Wildman–Crippen LogP) is 2.41. The Kier molecular flexibility index (Phi) is 11.2. The van der Waals surface area contributed by atoms with Crippen molar-refractivity contribution in [2.24, 2.45) is 0 Å². The number of aryl methyl sites for hydroxylation is 1. The molecule has 1 saturated heterocycles. The lowest BCUT2D eigenvalue weighted by Gasteiger charge is -2.49. The number of nitrogens with one attached hydrogen (secondary N) is 3. The molecule has 1 aromatic heterocycles. The van der Waals surface area contributed by atoms with Crippen LogP contribution in [0.15, 0.2) is 64.1 Å². The minimum Gasteiger partial charge on any atom is -0.477 e. The van der Waals surface area contributed by atoms with Crippen molar-refractivity contribution in [1.29, 1.82) is 0 Å². The van der Waals surface area contributed by atoms with Crippen LogP contribution in [0.2, 0.25) is 0 Å². The summed E-state index contributed by atoms with van der Waals surface area (Å²) < 4.78 is 10.7. The average molecular weight is 741 g/mol. The van der Waals surface area contributed by atoms with E-state index in [2.05, 4.69) is 26.1 Å². The number of benzene rings is 2. The van der Waals surface area contributed by atoms with Crippen LogP contribution in [-0.4, -0.2) is 84.8 Å². The number of β-lactam (4-membered cyclic amide) rings is 1. The van der Waals surface area contributed by atoms with Crippen molar-refractivity contribution in [2.75, 3.05) is 11.5 Å². The second kappa shape index (κ2) is 15.5. The van der Waals surface area contributed by atoms with Gasteiger partial charge >= 0.3 is 23.9 Å². The molecule has 2 aliphatic heterocycles. The van der Waals surface area contributed by atoms with Crippen molar-refractivity contribution >= 4 is 76.5 Å². The zero-order valence-corrected chi connectivity index (χ0v) is 28.9. The molecule has 0 bridgehead atoms. The standard InChI is InChI=1S/C31H28N6O10S3/c1-14-35-36-31(50-14)49-13-19-12-48-28-23(27(42)37(28)24(19)29(43)44)32-26(41)22(17-7-5-4-6-8-17)33-30(45)34-25(40)18-9-10-20(46-15(2)38)21(11-18)47-16(3)39/h4-11,22-23,28H,12-13H2,1-3H3,(H,32,41)(H,43,44)(H2,33,34,40,45)/t22?,23?,28-/m0/s1. The number of carboxylic acids is 1. The van der Waals surface area contributed by atoms with Crippen LogP contribution in [0.1, 0.15) is 40.8 Å². The Hall–Kier alpha value is -5.27. The van der Waals surface area contributed by atoms with Gasteiger partial charge in [-0.1, -0.05) is 53.4 Å². The molecular formula is C31H28N6O10S3. The van der Waals surface area contributed by atoms with Crippen molar-refractivity contribution in [2.45, 2.75) is 42.6 Å². The smallest absolute Gasteiger partial charge is 0.352 e. The van der Waals surface area contributed by atoms with Crippen LogP contribution in [0.4, 0.5) is 4.79 Å². The Morgan fingerprint density at radius 1 is 1.02 bits per heavy atom. The number of carbonyl (C=O) groups is 7. The van der Waals surface area contributed by atoms with Crippen LogP contribution in [0.25, 0.3) is 0 Å². The molecule has 3 atom stereocenters. The van der Waals surface area contributed by atoms with Gasteiger partial charge in [0.15, 0.2) is 15.8 Å². The summed E-state index contributed by atoms with van der Waals surface area (Å²) in [6.07, 6.45) is 0. The number of nitrogens with zero attached hydrogens (tertiary/aromatic N) is 3. The van der Waals surface area contributed by atoms with Crippen LogP contribution in [0.5, 0.6) is 11.5 Å². The van der Waals surface area contributed by atoms with Crippen LogP contribution in [0.3, 0.4) is 0 Å². The summed E-state index contributed by atoms with van der Waals surface area (Å²) in [5.74, 6) is -4.86. The molecule has 3 aromatic rings. The predicted molar refractivity (Wildman–Crippen MR) is 179 cm³/mol. The van der Waals surface area contributed by atoms with Gasteiger partial charge in [-0.05, 0) is 36.3 Å². The first-order valence-electron chi connectivity index (χ1n) is 14.6. The summed E-state index contributed by atoms with van der Waals surface area (Å²) in [6.45, 7) is 4.05. The molecule has 5 rings (SSSR count). The number of hydrogen-bond donors (Lipinski definition) is 4. The fourth-order valence-electron chi connectivity index (χ4n) is 4.93. The van der Waals surface area contributed by atoms with Crippen molar-refractivity contribution < 1.29 is 48.1 Å². The maximum absolute atomic E-state index is 13.6. The Bertz CT molecular complexity index is 1920. The van der Waals surface area contributed by atoms with Gasteiger partial charge in [0.1, 0.15) is 28.2 Å². The number of carbonyl (C=O) groups excluding carboxylic acids is 6. The number of esters is 2. The highest BCUT2D eigenvalue weighted by Gasteiger charge is 2.54. The number of carboxylic acid groups (broad SMARTS) is 1. The number of ether oxygens (including phenoxy) is 2. The molecule has 4 N–H and O–H groups in total. The highest BCUT2D eigenvalue weighted by Crippen LogP contribution is 2.42. The summed E-state index contributed by atoms with van der Waals surface area (Å²) in [5, 5.41) is 25.2. The second-order valence-electron chi connectivity index (χ2n) is 10.6. The Labute approximate surface area is 296 Å². The first-order valence-corrected chi connectivity index (χ1v) is 17.5. The first kappa shape index (κ1) is 36.0. The van der Waals surface area contributed by atoms with Gasteiger partial charge in [-0.15, -0.1) is 22.0 Å². The van der Waals surface area contributed by atoms with E-state index in [9.17, 15) is 38.7 Å². The molecule has 260 valence electrons. The normalized spacial score (nSPS) is 17.1. The lowest BCUT2D eigenvalue weighted by atomic mass is 10.0. The SMILES string of the molecule is CC(=O)Oc1ccc(C(=O)NC(=O)NC(C(=O)NC2C(=O)N3C(C(=O)O)=C(CSc4nnc(C)s4)CS[C@@H]23)c2ccccc2)cc1OC(C)=O. The van der Waals surface area contributed by atoms with Crippen molar-refractivity contribution in [3.05, 3.63) is 75.9 Å². The molecule has 2 unspecified atom stereocenters. The van der Waals surface area contributed by atoms with Gasteiger partial charge in [0.2, 0.25) is 5.91 Å². The van der Waals surface area contributed by atoms with Gasteiger partial charge in [-0.3, -0.25) is 34.2 Å². The number of hydrogen-bond acceptors (Lipinski definition) is 14.